The Hall–Kier alpha value is -1.02. The summed E-state index contributed by atoms with van der Waals surface area (Å²) in [6.45, 7) is 5.03. The summed E-state index contributed by atoms with van der Waals surface area (Å²) >= 11 is 12.4. The van der Waals surface area contributed by atoms with E-state index in [2.05, 4.69) is 43.4 Å². The van der Waals surface area contributed by atoms with Gasteiger partial charge in [0.1, 0.15) is 0 Å². The number of benzene rings is 2. The summed E-state index contributed by atoms with van der Waals surface area (Å²) in [5.41, 5.74) is 3.45. The Balaban J connectivity index is 2.45. The minimum absolute atomic E-state index is 0.0665. The monoisotopic (exact) mass is 293 g/mol. The first-order chi connectivity index (χ1) is 9.13. The predicted molar refractivity (Wildman–Crippen MR) is 83.2 cm³/mol. The first-order valence-corrected chi connectivity index (χ1v) is 7.13. The van der Waals surface area contributed by atoms with Gasteiger partial charge in [-0.05, 0) is 30.7 Å². The first kappa shape index (κ1) is 14.4. The maximum atomic E-state index is 6.33. The molecule has 0 saturated carbocycles. The van der Waals surface area contributed by atoms with Crippen LogP contribution in [0.15, 0.2) is 42.5 Å². The minimum Gasteiger partial charge on any atom is -0.306 e. The SMILES string of the molecule is CCNC(c1ccc(C)cc1)c1cccc(Cl)c1Cl. The number of rotatable bonds is 4. The molecule has 3 heteroatoms. The van der Waals surface area contributed by atoms with Gasteiger partial charge in [-0.1, -0.05) is 72.1 Å². The summed E-state index contributed by atoms with van der Waals surface area (Å²) in [5.74, 6) is 0. The van der Waals surface area contributed by atoms with Crippen molar-refractivity contribution in [1.82, 2.24) is 5.32 Å². The van der Waals surface area contributed by atoms with Crippen LogP contribution in [-0.4, -0.2) is 6.54 Å². The lowest BCUT2D eigenvalue weighted by atomic mass is 9.97. The minimum atomic E-state index is 0.0665. The maximum absolute atomic E-state index is 6.33. The molecule has 19 heavy (non-hydrogen) atoms. The van der Waals surface area contributed by atoms with E-state index in [-0.39, 0.29) is 6.04 Å². The number of aryl methyl sites for hydroxylation is 1. The van der Waals surface area contributed by atoms with Gasteiger partial charge in [-0.3, -0.25) is 0 Å². The molecule has 0 fully saturated rings. The van der Waals surface area contributed by atoms with E-state index >= 15 is 0 Å². The van der Waals surface area contributed by atoms with E-state index in [4.69, 9.17) is 23.2 Å². The molecule has 0 aliphatic carbocycles. The van der Waals surface area contributed by atoms with Crippen molar-refractivity contribution in [3.05, 3.63) is 69.2 Å². The average Bonchev–Trinajstić information content (AvgIpc) is 2.41. The van der Waals surface area contributed by atoms with Crippen molar-refractivity contribution in [2.45, 2.75) is 19.9 Å². The Morgan fingerprint density at radius 2 is 1.74 bits per heavy atom. The van der Waals surface area contributed by atoms with Crippen molar-refractivity contribution in [2.24, 2.45) is 0 Å². The van der Waals surface area contributed by atoms with E-state index in [1.165, 1.54) is 11.1 Å². The fourth-order valence-corrected chi connectivity index (χ4v) is 2.53. The van der Waals surface area contributed by atoms with Crippen molar-refractivity contribution in [2.75, 3.05) is 6.54 Å². The fraction of sp³-hybridized carbons (Fsp3) is 0.250. The Bertz CT molecular complexity index is 549. The predicted octanol–water partition coefficient (Wildman–Crippen LogP) is 5.00. The largest absolute Gasteiger partial charge is 0.306 e. The lowest BCUT2D eigenvalue weighted by Crippen LogP contribution is -2.22. The molecule has 0 aromatic heterocycles. The van der Waals surface area contributed by atoms with E-state index in [1.54, 1.807) is 0 Å². The maximum Gasteiger partial charge on any atom is 0.0643 e. The number of hydrogen-bond acceptors (Lipinski definition) is 1. The highest BCUT2D eigenvalue weighted by Gasteiger charge is 2.17. The molecule has 2 rings (SSSR count). The summed E-state index contributed by atoms with van der Waals surface area (Å²) in [4.78, 5) is 0. The molecule has 1 N–H and O–H groups in total. The number of hydrogen-bond donors (Lipinski definition) is 1. The lowest BCUT2D eigenvalue weighted by molar-refractivity contribution is 0.631. The average molecular weight is 294 g/mol. The van der Waals surface area contributed by atoms with Gasteiger partial charge in [-0.2, -0.15) is 0 Å². The fourth-order valence-electron chi connectivity index (χ4n) is 2.11. The zero-order valence-electron chi connectivity index (χ0n) is 11.1. The quantitative estimate of drug-likeness (QED) is 0.836. The first-order valence-electron chi connectivity index (χ1n) is 6.37. The topological polar surface area (TPSA) is 12.0 Å². The van der Waals surface area contributed by atoms with E-state index in [1.807, 2.05) is 18.2 Å². The third kappa shape index (κ3) is 3.30. The van der Waals surface area contributed by atoms with Crippen LogP contribution in [0.3, 0.4) is 0 Å². The van der Waals surface area contributed by atoms with Gasteiger partial charge in [0, 0.05) is 0 Å². The van der Waals surface area contributed by atoms with Crippen LogP contribution >= 0.6 is 23.2 Å². The van der Waals surface area contributed by atoms with Gasteiger partial charge >= 0.3 is 0 Å². The molecule has 0 spiro atoms. The summed E-state index contributed by atoms with van der Waals surface area (Å²) < 4.78 is 0. The molecule has 2 aromatic rings. The van der Waals surface area contributed by atoms with Crippen molar-refractivity contribution >= 4 is 23.2 Å². The zero-order valence-corrected chi connectivity index (χ0v) is 12.6. The standard InChI is InChI=1S/C16H17Cl2N/c1-3-19-16(12-9-7-11(2)8-10-12)13-5-4-6-14(17)15(13)18/h4-10,16,19H,3H2,1-2H3. The molecule has 0 bridgehead atoms. The van der Waals surface area contributed by atoms with Gasteiger partial charge in [-0.15, -0.1) is 0 Å². The van der Waals surface area contributed by atoms with Crippen LogP contribution in [-0.2, 0) is 0 Å². The Morgan fingerprint density at radius 3 is 2.37 bits per heavy atom. The molecule has 100 valence electrons. The lowest BCUT2D eigenvalue weighted by Gasteiger charge is -2.20. The molecule has 1 unspecified atom stereocenters. The molecule has 0 aliphatic heterocycles. The van der Waals surface area contributed by atoms with Crippen LogP contribution in [0.2, 0.25) is 10.0 Å². The van der Waals surface area contributed by atoms with Gasteiger partial charge < -0.3 is 5.32 Å². The van der Waals surface area contributed by atoms with E-state index < -0.39 is 0 Å². The van der Waals surface area contributed by atoms with Gasteiger partial charge in [0.25, 0.3) is 0 Å². The summed E-state index contributed by atoms with van der Waals surface area (Å²) in [6, 6.07) is 14.3. The van der Waals surface area contributed by atoms with Gasteiger partial charge in [0.15, 0.2) is 0 Å². The van der Waals surface area contributed by atoms with Crippen molar-refractivity contribution in [1.29, 1.82) is 0 Å². The Kier molecular flexibility index (Phi) is 4.87. The highest BCUT2D eigenvalue weighted by molar-refractivity contribution is 6.42. The molecular formula is C16H17Cl2N. The molecule has 0 aliphatic rings. The highest BCUT2D eigenvalue weighted by Crippen LogP contribution is 2.33. The molecule has 0 radical (unpaired) electrons. The third-order valence-corrected chi connectivity index (χ3v) is 3.94. The van der Waals surface area contributed by atoms with Gasteiger partial charge in [0.05, 0.1) is 16.1 Å². The second kappa shape index (κ2) is 6.42. The van der Waals surface area contributed by atoms with E-state index in [0.717, 1.165) is 12.1 Å². The van der Waals surface area contributed by atoms with Crippen LogP contribution in [0.5, 0.6) is 0 Å². The second-order valence-corrected chi connectivity index (χ2v) is 5.33. The summed E-state index contributed by atoms with van der Waals surface area (Å²) in [6.07, 6.45) is 0. The molecule has 0 heterocycles. The van der Waals surface area contributed by atoms with Crippen molar-refractivity contribution < 1.29 is 0 Å². The smallest absolute Gasteiger partial charge is 0.0643 e. The second-order valence-electron chi connectivity index (χ2n) is 4.54. The summed E-state index contributed by atoms with van der Waals surface area (Å²) in [7, 11) is 0. The van der Waals surface area contributed by atoms with Crippen LogP contribution in [0.1, 0.15) is 29.7 Å². The Morgan fingerprint density at radius 1 is 1.05 bits per heavy atom. The molecule has 0 saturated heterocycles. The molecular weight excluding hydrogens is 277 g/mol. The van der Waals surface area contributed by atoms with E-state index in [0.29, 0.717) is 10.0 Å². The molecule has 0 amide bonds. The summed E-state index contributed by atoms with van der Waals surface area (Å²) in [5, 5.41) is 4.67. The van der Waals surface area contributed by atoms with Crippen LogP contribution < -0.4 is 5.32 Å². The third-order valence-electron chi connectivity index (χ3n) is 3.11. The molecule has 1 atom stereocenters. The van der Waals surface area contributed by atoms with Crippen LogP contribution in [0.25, 0.3) is 0 Å². The van der Waals surface area contributed by atoms with Crippen LogP contribution in [0.4, 0.5) is 0 Å². The van der Waals surface area contributed by atoms with E-state index in [9.17, 15) is 0 Å². The van der Waals surface area contributed by atoms with Crippen molar-refractivity contribution in [3.8, 4) is 0 Å². The van der Waals surface area contributed by atoms with Crippen molar-refractivity contribution in [3.63, 3.8) is 0 Å². The Labute approximate surface area is 124 Å². The zero-order chi connectivity index (χ0) is 13.8. The molecule has 2 aromatic carbocycles. The van der Waals surface area contributed by atoms with Gasteiger partial charge in [0.2, 0.25) is 0 Å². The highest BCUT2D eigenvalue weighted by atomic mass is 35.5. The normalized spacial score (nSPS) is 12.4. The van der Waals surface area contributed by atoms with Gasteiger partial charge in [-0.25, -0.2) is 0 Å². The molecule has 1 nitrogen and oxygen atoms in total. The van der Waals surface area contributed by atoms with Crippen LogP contribution in [0, 0.1) is 6.92 Å². The number of nitrogens with one attached hydrogen (secondary N) is 1. The number of halogens is 2.